The van der Waals surface area contributed by atoms with Gasteiger partial charge in [0.15, 0.2) is 0 Å². The van der Waals surface area contributed by atoms with Crippen molar-refractivity contribution in [3.8, 4) is 0 Å². The van der Waals surface area contributed by atoms with Gasteiger partial charge in [0.1, 0.15) is 5.82 Å². The van der Waals surface area contributed by atoms with Crippen molar-refractivity contribution in [3.05, 3.63) is 35.6 Å². The summed E-state index contributed by atoms with van der Waals surface area (Å²) in [5.74, 6) is 0.281. The standard InChI is InChI=1S/C16H21FN2O/c17-15-4-2-1-3-14(15)16(20)19-9-7-13(8-10-19)18-11-12-5-6-12/h1-4,12-13,18H,5-11H2. The predicted octanol–water partition coefficient (Wildman–Crippen LogP) is 2.43. The average Bonchev–Trinajstić information content (AvgIpc) is 3.30. The molecule has 1 aromatic rings. The lowest BCUT2D eigenvalue weighted by molar-refractivity contribution is 0.0700. The molecule has 4 heteroatoms. The molecular formula is C16H21FN2O. The summed E-state index contributed by atoms with van der Waals surface area (Å²) in [5.41, 5.74) is 0.192. The van der Waals surface area contributed by atoms with E-state index >= 15 is 0 Å². The van der Waals surface area contributed by atoms with Gasteiger partial charge in [0.2, 0.25) is 0 Å². The summed E-state index contributed by atoms with van der Waals surface area (Å²) in [6.07, 6.45) is 4.65. The van der Waals surface area contributed by atoms with Gasteiger partial charge in [-0.3, -0.25) is 4.79 Å². The summed E-state index contributed by atoms with van der Waals surface area (Å²) in [6.45, 7) is 2.55. The lowest BCUT2D eigenvalue weighted by Crippen LogP contribution is -2.45. The third-order valence-electron chi connectivity index (χ3n) is 4.28. The second-order valence-electron chi connectivity index (χ2n) is 5.90. The highest BCUT2D eigenvalue weighted by Gasteiger charge is 2.27. The second kappa shape index (κ2) is 5.92. The number of hydrogen-bond acceptors (Lipinski definition) is 2. The monoisotopic (exact) mass is 276 g/mol. The Balaban J connectivity index is 1.52. The highest BCUT2D eigenvalue weighted by molar-refractivity contribution is 5.94. The maximum atomic E-state index is 13.6. The van der Waals surface area contributed by atoms with Gasteiger partial charge in [-0.05, 0) is 50.3 Å². The predicted molar refractivity (Wildman–Crippen MR) is 76.1 cm³/mol. The van der Waals surface area contributed by atoms with Crippen molar-refractivity contribution >= 4 is 5.91 Å². The van der Waals surface area contributed by atoms with Crippen LogP contribution in [0.2, 0.25) is 0 Å². The first-order valence-electron chi connectivity index (χ1n) is 7.51. The van der Waals surface area contributed by atoms with E-state index in [0.717, 1.165) is 38.4 Å². The number of nitrogens with zero attached hydrogens (tertiary/aromatic N) is 1. The van der Waals surface area contributed by atoms with Gasteiger partial charge in [0, 0.05) is 19.1 Å². The van der Waals surface area contributed by atoms with Gasteiger partial charge in [0.25, 0.3) is 5.91 Å². The van der Waals surface area contributed by atoms with E-state index in [-0.39, 0.29) is 11.5 Å². The quantitative estimate of drug-likeness (QED) is 0.916. The molecular weight excluding hydrogens is 255 g/mol. The average molecular weight is 276 g/mol. The Bertz CT molecular complexity index is 479. The topological polar surface area (TPSA) is 32.3 Å². The number of carbonyl (C=O) groups excluding carboxylic acids is 1. The molecule has 0 atom stereocenters. The summed E-state index contributed by atoms with van der Waals surface area (Å²) >= 11 is 0. The number of halogens is 1. The van der Waals surface area contributed by atoms with Crippen LogP contribution in [0.25, 0.3) is 0 Å². The Morgan fingerprint density at radius 1 is 1.20 bits per heavy atom. The van der Waals surface area contributed by atoms with E-state index < -0.39 is 5.82 Å². The molecule has 0 radical (unpaired) electrons. The number of piperidine rings is 1. The lowest BCUT2D eigenvalue weighted by Gasteiger charge is -2.32. The summed E-state index contributed by atoms with van der Waals surface area (Å²) in [7, 11) is 0. The van der Waals surface area contributed by atoms with Crippen LogP contribution in [-0.4, -0.2) is 36.5 Å². The van der Waals surface area contributed by atoms with E-state index in [1.807, 2.05) is 0 Å². The molecule has 0 spiro atoms. The number of likely N-dealkylation sites (tertiary alicyclic amines) is 1. The summed E-state index contributed by atoms with van der Waals surface area (Å²) in [6, 6.07) is 6.74. The van der Waals surface area contributed by atoms with Crippen LogP contribution in [0.3, 0.4) is 0 Å². The molecule has 1 heterocycles. The molecule has 108 valence electrons. The van der Waals surface area contributed by atoms with Gasteiger partial charge in [-0.25, -0.2) is 4.39 Å². The van der Waals surface area contributed by atoms with Gasteiger partial charge < -0.3 is 10.2 Å². The molecule has 1 aliphatic heterocycles. The number of hydrogen-bond donors (Lipinski definition) is 1. The molecule has 1 saturated heterocycles. The van der Waals surface area contributed by atoms with E-state index in [1.54, 1.807) is 23.1 Å². The van der Waals surface area contributed by atoms with E-state index in [4.69, 9.17) is 0 Å². The minimum Gasteiger partial charge on any atom is -0.338 e. The van der Waals surface area contributed by atoms with Crippen molar-refractivity contribution in [1.82, 2.24) is 10.2 Å². The van der Waals surface area contributed by atoms with Gasteiger partial charge >= 0.3 is 0 Å². The molecule has 0 bridgehead atoms. The summed E-state index contributed by atoms with van der Waals surface area (Å²) in [5, 5.41) is 3.58. The molecule has 1 saturated carbocycles. The molecule has 1 amide bonds. The molecule has 2 aliphatic rings. The third-order valence-corrected chi connectivity index (χ3v) is 4.28. The maximum Gasteiger partial charge on any atom is 0.256 e. The summed E-state index contributed by atoms with van der Waals surface area (Å²) < 4.78 is 13.6. The molecule has 3 rings (SSSR count). The van der Waals surface area contributed by atoms with Crippen molar-refractivity contribution in [1.29, 1.82) is 0 Å². The molecule has 1 aliphatic carbocycles. The first-order chi connectivity index (χ1) is 9.74. The Labute approximate surface area is 119 Å². The minimum atomic E-state index is -0.425. The van der Waals surface area contributed by atoms with Crippen molar-refractivity contribution in [3.63, 3.8) is 0 Å². The smallest absolute Gasteiger partial charge is 0.256 e. The van der Waals surface area contributed by atoms with Crippen molar-refractivity contribution in [2.45, 2.75) is 31.7 Å². The van der Waals surface area contributed by atoms with Crippen molar-refractivity contribution in [2.24, 2.45) is 5.92 Å². The number of benzene rings is 1. The van der Waals surface area contributed by atoms with Crippen LogP contribution in [0.4, 0.5) is 4.39 Å². The van der Waals surface area contributed by atoms with Crippen molar-refractivity contribution in [2.75, 3.05) is 19.6 Å². The molecule has 1 N–H and O–H groups in total. The van der Waals surface area contributed by atoms with Crippen LogP contribution < -0.4 is 5.32 Å². The first kappa shape index (κ1) is 13.6. The summed E-state index contributed by atoms with van der Waals surface area (Å²) in [4.78, 5) is 14.0. The maximum absolute atomic E-state index is 13.6. The largest absolute Gasteiger partial charge is 0.338 e. The van der Waals surface area contributed by atoms with E-state index in [0.29, 0.717) is 6.04 Å². The molecule has 2 fully saturated rings. The highest BCUT2D eigenvalue weighted by Crippen LogP contribution is 2.28. The van der Waals surface area contributed by atoms with Crippen molar-refractivity contribution < 1.29 is 9.18 Å². The van der Waals surface area contributed by atoms with Gasteiger partial charge in [-0.15, -0.1) is 0 Å². The van der Waals surface area contributed by atoms with Crippen LogP contribution in [0, 0.1) is 11.7 Å². The third kappa shape index (κ3) is 3.18. The van der Waals surface area contributed by atoms with Crippen LogP contribution in [0.15, 0.2) is 24.3 Å². The number of rotatable bonds is 4. The van der Waals surface area contributed by atoms with Crippen LogP contribution in [-0.2, 0) is 0 Å². The Kier molecular flexibility index (Phi) is 4.01. The first-order valence-corrected chi connectivity index (χ1v) is 7.51. The molecule has 0 unspecified atom stereocenters. The zero-order valence-electron chi connectivity index (χ0n) is 11.6. The fourth-order valence-electron chi connectivity index (χ4n) is 2.75. The molecule has 0 aromatic heterocycles. The zero-order valence-corrected chi connectivity index (χ0v) is 11.6. The highest BCUT2D eigenvalue weighted by atomic mass is 19.1. The Morgan fingerprint density at radius 2 is 1.90 bits per heavy atom. The van der Waals surface area contributed by atoms with Gasteiger partial charge in [-0.2, -0.15) is 0 Å². The van der Waals surface area contributed by atoms with Gasteiger partial charge in [-0.1, -0.05) is 12.1 Å². The van der Waals surface area contributed by atoms with Gasteiger partial charge in [0.05, 0.1) is 5.56 Å². The lowest BCUT2D eigenvalue weighted by atomic mass is 10.0. The van der Waals surface area contributed by atoms with E-state index in [2.05, 4.69) is 5.32 Å². The number of carbonyl (C=O) groups is 1. The number of nitrogens with one attached hydrogen (secondary N) is 1. The van der Waals surface area contributed by atoms with E-state index in [9.17, 15) is 9.18 Å². The number of amides is 1. The SMILES string of the molecule is O=C(c1ccccc1F)N1CCC(NCC2CC2)CC1. The Hall–Kier alpha value is -1.42. The molecule has 3 nitrogen and oxygen atoms in total. The molecule has 1 aromatic carbocycles. The fraction of sp³-hybridized carbons (Fsp3) is 0.562. The van der Waals surface area contributed by atoms with E-state index in [1.165, 1.54) is 18.9 Å². The second-order valence-corrected chi connectivity index (χ2v) is 5.90. The Morgan fingerprint density at radius 3 is 2.55 bits per heavy atom. The van der Waals surface area contributed by atoms with Crippen LogP contribution >= 0.6 is 0 Å². The fourth-order valence-corrected chi connectivity index (χ4v) is 2.75. The van der Waals surface area contributed by atoms with Crippen LogP contribution in [0.1, 0.15) is 36.0 Å². The normalized spacial score (nSPS) is 20.1. The molecule has 20 heavy (non-hydrogen) atoms. The van der Waals surface area contributed by atoms with Crippen LogP contribution in [0.5, 0.6) is 0 Å². The minimum absolute atomic E-state index is 0.177. The zero-order chi connectivity index (χ0) is 13.9.